The van der Waals surface area contributed by atoms with Crippen LogP contribution in [-0.2, 0) is 0 Å². The van der Waals surface area contributed by atoms with Crippen LogP contribution in [0.15, 0.2) is 0 Å². The molecule has 2 fully saturated rings. The summed E-state index contributed by atoms with van der Waals surface area (Å²) in [6.45, 7) is 13.2. The Morgan fingerprint density at radius 1 is 1.16 bits per heavy atom. The van der Waals surface area contributed by atoms with Crippen molar-refractivity contribution < 1.29 is 0 Å². The molecule has 1 aliphatic carbocycles. The zero-order chi connectivity index (χ0) is 13.8. The van der Waals surface area contributed by atoms with Crippen molar-refractivity contribution in [2.45, 2.75) is 71.9 Å². The van der Waals surface area contributed by atoms with Crippen molar-refractivity contribution in [3.05, 3.63) is 0 Å². The van der Waals surface area contributed by atoms with Crippen LogP contribution in [0.1, 0.15) is 59.8 Å². The normalized spacial score (nSPS) is 30.8. The van der Waals surface area contributed by atoms with E-state index in [0.717, 1.165) is 29.8 Å². The molecule has 3 unspecified atom stereocenters. The summed E-state index contributed by atoms with van der Waals surface area (Å²) in [5, 5.41) is 3.82. The molecule has 2 rings (SSSR count). The Balaban J connectivity index is 1.94. The van der Waals surface area contributed by atoms with Crippen LogP contribution in [0.25, 0.3) is 0 Å². The van der Waals surface area contributed by atoms with E-state index in [2.05, 4.69) is 37.9 Å². The van der Waals surface area contributed by atoms with E-state index in [9.17, 15) is 0 Å². The molecule has 0 aromatic carbocycles. The Bertz CT molecular complexity index is 260. The minimum Gasteiger partial charge on any atom is -0.312 e. The number of nitrogens with one attached hydrogen (secondary N) is 1. The number of fused-ring (bicyclic) bond motifs is 1. The first kappa shape index (κ1) is 15.3. The average Bonchev–Trinajstić information content (AvgIpc) is 2.94. The number of hydrogen-bond donors (Lipinski definition) is 1. The molecule has 3 atom stereocenters. The van der Waals surface area contributed by atoms with E-state index in [4.69, 9.17) is 0 Å². The summed E-state index contributed by atoms with van der Waals surface area (Å²) in [6.07, 6.45) is 7.01. The van der Waals surface area contributed by atoms with Crippen LogP contribution in [0.2, 0.25) is 0 Å². The highest BCUT2D eigenvalue weighted by Crippen LogP contribution is 2.38. The highest BCUT2D eigenvalue weighted by Gasteiger charge is 2.39. The molecule has 0 amide bonds. The van der Waals surface area contributed by atoms with Gasteiger partial charge in [0.05, 0.1) is 0 Å². The SMILES string of the molecule is CCC(CC)N(CC(C)C)CC1NCC2CCCC21. The van der Waals surface area contributed by atoms with Gasteiger partial charge in [0.2, 0.25) is 0 Å². The summed E-state index contributed by atoms with van der Waals surface area (Å²) >= 11 is 0. The van der Waals surface area contributed by atoms with Crippen molar-refractivity contribution in [3.63, 3.8) is 0 Å². The Kier molecular flexibility index (Phi) is 5.70. The van der Waals surface area contributed by atoms with Crippen LogP contribution in [0.5, 0.6) is 0 Å². The summed E-state index contributed by atoms with van der Waals surface area (Å²) in [5.41, 5.74) is 0. The van der Waals surface area contributed by atoms with E-state index in [0.29, 0.717) is 0 Å². The first-order chi connectivity index (χ1) is 9.15. The van der Waals surface area contributed by atoms with Crippen molar-refractivity contribution in [2.24, 2.45) is 17.8 Å². The molecule has 1 heterocycles. The summed E-state index contributed by atoms with van der Waals surface area (Å²) in [7, 11) is 0. The molecule has 2 heteroatoms. The third-order valence-electron chi connectivity index (χ3n) is 5.37. The lowest BCUT2D eigenvalue weighted by Gasteiger charge is -2.35. The standard InChI is InChI=1S/C17H34N2/c1-5-15(6-2)19(11-13(3)4)12-17-16-9-7-8-14(16)10-18-17/h13-18H,5-12H2,1-4H3. The van der Waals surface area contributed by atoms with Gasteiger partial charge in [0, 0.05) is 25.2 Å². The fourth-order valence-electron chi connectivity index (χ4n) is 4.40. The molecule has 19 heavy (non-hydrogen) atoms. The van der Waals surface area contributed by atoms with Gasteiger partial charge in [-0.05, 0) is 50.0 Å². The van der Waals surface area contributed by atoms with E-state index in [1.165, 1.54) is 51.7 Å². The van der Waals surface area contributed by atoms with Crippen molar-refractivity contribution in [3.8, 4) is 0 Å². The fraction of sp³-hybridized carbons (Fsp3) is 1.00. The van der Waals surface area contributed by atoms with Crippen LogP contribution in [0, 0.1) is 17.8 Å². The monoisotopic (exact) mass is 266 g/mol. The smallest absolute Gasteiger partial charge is 0.0226 e. The van der Waals surface area contributed by atoms with Gasteiger partial charge in [-0.1, -0.05) is 34.1 Å². The molecular formula is C17H34N2. The summed E-state index contributed by atoms with van der Waals surface area (Å²) in [5.74, 6) is 2.75. The Hall–Kier alpha value is -0.0800. The van der Waals surface area contributed by atoms with E-state index in [1.54, 1.807) is 0 Å². The van der Waals surface area contributed by atoms with Gasteiger partial charge in [0.1, 0.15) is 0 Å². The van der Waals surface area contributed by atoms with Crippen LogP contribution >= 0.6 is 0 Å². The van der Waals surface area contributed by atoms with Crippen LogP contribution in [0.3, 0.4) is 0 Å². The van der Waals surface area contributed by atoms with E-state index in [1.807, 2.05) is 0 Å². The molecule has 0 radical (unpaired) electrons. The minimum atomic E-state index is 0.770. The Morgan fingerprint density at radius 3 is 2.53 bits per heavy atom. The molecule has 0 bridgehead atoms. The molecular weight excluding hydrogens is 232 g/mol. The molecule has 112 valence electrons. The lowest BCUT2D eigenvalue weighted by atomic mass is 9.93. The molecule has 0 aromatic rings. The lowest BCUT2D eigenvalue weighted by Crippen LogP contribution is -2.46. The second-order valence-corrected chi connectivity index (χ2v) is 7.19. The lowest BCUT2D eigenvalue weighted by molar-refractivity contribution is 0.141. The number of rotatable bonds is 7. The van der Waals surface area contributed by atoms with Crippen molar-refractivity contribution in [2.75, 3.05) is 19.6 Å². The van der Waals surface area contributed by atoms with Gasteiger partial charge in [-0.3, -0.25) is 4.90 Å². The molecule has 2 aliphatic rings. The van der Waals surface area contributed by atoms with Crippen LogP contribution in [-0.4, -0.2) is 36.6 Å². The van der Waals surface area contributed by atoms with Gasteiger partial charge in [-0.15, -0.1) is 0 Å². The predicted molar refractivity (Wildman–Crippen MR) is 83.4 cm³/mol. The third-order valence-corrected chi connectivity index (χ3v) is 5.37. The summed E-state index contributed by atoms with van der Waals surface area (Å²) < 4.78 is 0. The van der Waals surface area contributed by atoms with Crippen molar-refractivity contribution >= 4 is 0 Å². The summed E-state index contributed by atoms with van der Waals surface area (Å²) in [4.78, 5) is 2.78. The molecule has 1 N–H and O–H groups in total. The zero-order valence-corrected chi connectivity index (χ0v) is 13.5. The predicted octanol–water partition coefficient (Wildman–Crippen LogP) is 3.52. The van der Waals surface area contributed by atoms with Gasteiger partial charge in [-0.25, -0.2) is 0 Å². The van der Waals surface area contributed by atoms with E-state index < -0.39 is 0 Å². The first-order valence-corrected chi connectivity index (χ1v) is 8.63. The highest BCUT2D eigenvalue weighted by atomic mass is 15.2. The Morgan fingerprint density at radius 2 is 1.89 bits per heavy atom. The molecule has 1 saturated heterocycles. The van der Waals surface area contributed by atoms with Gasteiger partial charge in [0.25, 0.3) is 0 Å². The highest BCUT2D eigenvalue weighted by molar-refractivity contribution is 4.96. The zero-order valence-electron chi connectivity index (χ0n) is 13.5. The molecule has 1 aliphatic heterocycles. The van der Waals surface area contributed by atoms with Gasteiger partial charge >= 0.3 is 0 Å². The van der Waals surface area contributed by atoms with Gasteiger partial charge in [0.15, 0.2) is 0 Å². The molecule has 0 spiro atoms. The molecule has 2 nitrogen and oxygen atoms in total. The van der Waals surface area contributed by atoms with E-state index in [-0.39, 0.29) is 0 Å². The largest absolute Gasteiger partial charge is 0.312 e. The van der Waals surface area contributed by atoms with Crippen LogP contribution < -0.4 is 5.32 Å². The quantitative estimate of drug-likeness (QED) is 0.758. The van der Waals surface area contributed by atoms with Crippen molar-refractivity contribution in [1.82, 2.24) is 10.2 Å². The maximum Gasteiger partial charge on any atom is 0.0226 e. The topological polar surface area (TPSA) is 15.3 Å². The third kappa shape index (κ3) is 3.72. The van der Waals surface area contributed by atoms with Gasteiger partial charge < -0.3 is 5.32 Å². The first-order valence-electron chi connectivity index (χ1n) is 8.63. The Labute approximate surface area is 120 Å². The molecule has 1 saturated carbocycles. The average molecular weight is 266 g/mol. The second-order valence-electron chi connectivity index (χ2n) is 7.19. The number of hydrogen-bond acceptors (Lipinski definition) is 2. The van der Waals surface area contributed by atoms with E-state index >= 15 is 0 Å². The maximum atomic E-state index is 3.82. The van der Waals surface area contributed by atoms with Crippen molar-refractivity contribution in [1.29, 1.82) is 0 Å². The van der Waals surface area contributed by atoms with Gasteiger partial charge in [-0.2, -0.15) is 0 Å². The molecule has 0 aromatic heterocycles. The second kappa shape index (κ2) is 7.08. The summed E-state index contributed by atoms with van der Waals surface area (Å²) in [6, 6.07) is 1.55. The maximum absolute atomic E-state index is 3.82. The fourth-order valence-corrected chi connectivity index (χ4v) is 4.40. The van der Waals surface area contributed by atoms with Crippen LogP contribution in [0.4, 0.5) is 0 Å². The number of nitrogens with zero attached hydrogens (tertiary/aromatic N) is 1. The minimum absolute atomic E-state index is 0.770.